The van der Waals surface area contributed by atoms with Gasteiger partial charge >= 0.3 is 6.09 Å². The Bertz CT molecular complexity index is 578. The maximum Gasteiger partial charge on any atom is 0.414 e. The lowest BCUT2D eigenvalue weighted by molar-refractivity contribution is 0.0584. The molecular formula is C13H15ClN2O3. The lowest BCUT2D eigenvalue weighted by Crippen LogP contribution is -2.39. The Morgan fingerprint density at radius 1 is 1.42 bits per heavy atom. The summed E-state index contributed by atoms with van der Waals surface area (Å²) in [4.78, 5) is 24.5. The first kappa shape index (κ1) is 13.7. The zero-order chi connectivity index (χ0) is 14.5. The lowest BCUT2D eigenvalue weighted by Gasteiger charge is -2.32. The van der Waals surface area contributed by atoms with Crippen LogP contribution < -0.4 is 5.73 Å². The highest BCUT2D eigenvalue weighted by Crippen LogP contribution is 2.49. The van der Waals surface area contributed by atoms with Gasteiger partial charge in [-0.3, -0.25) is 4.79 Å². The molecule has 6 heteroatoms. The summed E-state index contributed by atoms with van der Waals surface area (Å²) in [5.74, 6) is -0.609. The largest absolute Gasteiger partial charge is 0.465 e. The molecule has 1 heterocycles. The predicted octanol–water partition coefficient (Wildman–Crippen LogP) is 3.14. The zero-order valence-electron chi connectivity index (χ0n) is 10.9. The van der Waals surface area contributed by atoms with Crippen molar-refractivity contribution in [3.63, 3.8) is 0 Å². The van der Waals surface area contributed by atoms with Gasteiger partial charge in [-0.15, -0.1) is 0 Å². The first-order chi connectivity index (χ1) is 8.66. The molecule has 102 valence electrons. The second-order valence-electron chi connectivity index (χ2n) is 5.65. The summed E-state index contributed by atoms with van der Waals surface area (Å²) >= 11 is 6.15. The topological polar surface area (TPSA) is 83.6 Å². The summed E-state index contributed by atoms with van der Waals surface area (Å²) in [5, 5.41) is 9.65. The van der Waals surface area contributed by atoms with Gasteiger partial charge in [0.15, 0.2) is 0 Å². The molecule has 0 aliphatic carbocycles. The number of rotatable bonds is 0. The van der Waals surface area contributed by atoms with Crippen molar-refractivity contribution < 1.29 is 14.7 Å². The molecule has 1 aliphatic rings. The van der Waals surface area contributed by atoms with E-state index < -0.39 is 23.5 Å². The van der Waals surface area contributed by atoms with E-state index in [4.69, 9.17) is 17.3 Å². The molecule has 0 saturated heterocycles. The van der Waals surface area contributed by atoms with Crippen LogP contribution in [-0.4, -0.2) is 22.0 Å². The number of nitrogens with zero attached hydrogens (tertiary/aromatic N) is 1. The highest BCUT2D eigenvalue weighted by molar-refractivity contribution is 6.32. The van der Waals surface area contributed by atoms with Crippen molar-refractivity contribution in [1.82, 2.24) is 4.90 Å². The predicted molar refractivity (Wildman–Crippen MR) is 72.3 cm³/mol. The number of fused-ring (bicyclic) bond motifs is 1. The van der Waals surface area contributed by atoms with Gasteiger partial charge in [-0.05, 0) is 17.5 Å². The molecule has 1 aliphatic heterocycles. The molecular weight excluding hydrogens is 268 g/mol. The van der Waals surface area contributed by atoms with Crippen molar-refractivity contribution in [2.75, 3.05) is 5.73 Å². The molecule has 1 atom stereocenters. The summed E-state index contributed by atoms with van der Waals surface area (Å²) in [6.45, 7) is 5.57. The van der Waals surface area contributed by atoms with Gasteiger partial charge in [0.1, 0.15) is 0 Å². The number of carbonyl (C=O) groups excluding carboxylic acids is 1. The number of imide groups is 1. The average molecular weight is 283 g/mol. The molecule has 5 nitrogen and oxygen atoms in total. The second kappa shape index (κ2) is 4.13. The van der Waals surface area contributed by atoms with E-state index in [-0.39, 0.29) is 11.3 Å². The Balaban J connectivity index is 2.77. The number of benzene rings is 1. The van der Waals surface area contributed by atoms with Crippen LogP contribution in [0.5, 0.6) is 0 Å². The molecule has 2 amide bonds. The van der Waals surface area contributed by atoms with Crippen LogP contribution in [0.1, 0.15) is 42.7 Å². The van der Waals surface area contributed by atoms with Crippen molar-refractivity contribution in [1.29, 1.82) is 0 Å². The third-order valence-electron chi connectivity index (χ3n) is 3.22. The van der Waals surface area contributed by atoms with Gasteiger partial charge < -0.3 is 10.8 Å². The van der Waals surface area contributed by atoms with Crippen molar-refractivity contribution in [2.24, 2.45) is 5.41 Å². The van der Waals surface area contributed by atoms with Crippen LogP contribution in [-0.2, 0) is 0 Å². The number of hydrogen-bond donors (Lipinski definition) is 2. The molecule has 0 radical (unpaired) electrons. The van der Waals surface area contributed by atoms with E-state index in [1.807, 2.05) is 20.8 Å². The Labute approximate surface area is 116 Å². The van der Waals surface area contributed by atoms with Gasteiger partial charge in [-0.25, -0.2) is 9.69 Å². The number of halogens is 1. The molecule has 2 rings (SSSR count). The highest BCUT2D eigenvalue weighted by atomic mass is 35.5. The fraction of sp³-hybridized carbons (Fsp3) is 0.385. The van der Waals surface area contributed by atoms with Crippen molar-refractivity contribution >= 4 is 29.3 Å². The number of nitrogen functional groups attached to an aromatic ring is 1. The summed E-state index contributed by atoms with van der Waals surface area (Å²) in [7, 11) is 0. The van der Waals surface area contributed by atoms with Crippen LogP contribution >= 0.6 is 11.6 Å². The zero-order valence-corrected chi connectivity index (χ0v) is 11.7. The summed E-state index contributed by atoms with van der Waals surface area (Å²) in [6.07, 6.45) is -1.29. The number of anilines is 1. The molecule has 0 saturated carbocycles. The number of hydrogen-bond acceptors (Lipinski definition) is 3. The second-order valence-corrected chi connectivity index (χ2v) is 6.06. The summed E-state index contributed by atoms with van der Waals surface area (Å²) in [6, 6.07) is 2.47. The maximum atomic E-state index is 12.3. The Morgan fingerprint density at radius 2 is 2.00 bits per heavy atom. The van der Waals surface area contributed by atoms with Crippen LogP contribution in [0.25, 0.3) is 0 Å². The van der Waals surface area contributed by atoms with Crippen LogP contribution in [0.2, 0.25) is 5.02 Å². The monoisotopic (exact) mass is 282 g/mol. The number of nitrogens with two attached hydrogens (primary N) is 1. The molecule has 0 spiro atoms. The molecule has 0 bridgehead atoms. The average Bonchev–Trinajstić information content (AvgIpc) is 2.58. The third kappa shape index (κ3) is 1.94. The maximum absolute atomic E-state index is 12.3. The molecule has 1 aromatic rings. The number of amides is 2. The van der Waals surface area contributed by atoms with Gasteiger partial charge in [0.2, 0.25) is 0 Å². The minimum Gasteiger partial charge on any atom is -0.465 e. The van der Waals surface area contributed by atoms with Crippen molar-refractivity contribution in [3.8, 4) is 0 Å². The van der Waals surface area contributed by atoms with Crippen LogP contribution in [0.3, 0.4) is 0 Å². The Hall–Kier alpha value is -1.75. The van der Waals surface area contributed by atoms with E-state index in [1.54, 1.807) is 6.07 Å². The van der Waals surface area contributed by atoms with E-state index in [2.05, 4.69) is 0 Å². The third-order valence-corrected chi connectivity index (χ3v) is 3.54. The standard InChI is InChI=1S/C13H15ClN2O3/c1-13(2,3)10-8-6(14)4-5-7(15)9(8)11(17)16(10)12(18)19/h4-5,10H,15H2,1-3H3,(H,18,19). The minimum atomic E-state index is -1.29. The van der Waals surface area contributed by atoms with E-state index in [0.29, 0.717) is 10.6 Å². The SMILES string of the molecule is CC(C)(C)C1c2c(Cl)ccc(N)c2C(=O)N1C(=O)O. The quantitative estimate of drug-likeness (QED) is 0.716. The molecule has 0 fully saturated rings. The summed E-state index contributed by atoms with van der Waals surface area (Å²) < 4.78 is 0. The summed E-state index contributed by atoms with van der Waals surface area (Å²) in [5.41, 5.74) is 6.28. The van der Waals surface area contributed by atoms with Gasteiger partial charge in [0.05, 0.1) is 11.6 Å². The molecule has 0 aromatic heterocycles. The highest BCUT2D eigenvalue weighted by Gasteiger charge is 2.48. The van der Waals surface area contributed by atoms with E-state index in [9.17, 15) is 14.7 Å². The lowest BCUT2D eigenvalue weighted by atomic mass is 9.82. The fourth-order valence-electron chi connectivity index (χ4n) is 2.50. The number of carbonyl (C=O) groups is 2. The van der Waals surface area contributed by atoms with E-state index in [1.165, 1.54) is 6.07 Å². The fourth-order valence-corrected chi connectivity index (χ4v) is 2.76. The normalized spacial score (nSPS) is 18.6. The first-order valence-corrected chi connectivity index (χ1v) is 6.18. The Morgan fingerprint density at radius 3 is 2.47 bits per heavy atom. The van der Waals surface area contributed by atoms with Gasteiger partial charge in [0.25, 0.3) is 5.91 Å². The van der Waals surface area contributed by atoms with Crippen molar-refractivity contribution in [2.45, 2.75) is 26.8 Å². The van der Waals surface area contributed by atoms with E-state index >= 15 is 0 Å². The minimum absolute atomic E-state index is 0.204. The molecule has 1 unspecified atom stereocenters. The number of carboxylic acid groups (broad SMARTS) is 1. The Kier molecular flexibility index (Phi) is 2.97. The van der Waals surface area contributed by atoms with Crippen LogP contribution in [0.15, 0.2) is 12.1 Å². The van der Waals surface area contributed by atoms with Crippen LogP contribution in [0.4, 0.5) is 10.5 Å². The molecule has 19 heavy (non-hydrogen) atoms. The molecule has 3 N–H and O–H groups in total. The van der Waals surface area contributed by atoms with E-state index in [0.717, 1.165) is 4.90 Å². The van der Waals surface area contributed by atoms with Crippen molar-refractivity contribution in [3.05, 3.63) is 28.3 Å². The first-order valence-electron chi connectivity index (χ1n) is 5.80. The van der Waals surface area contributed by atoms with Gasteiger partial charge in [-0.1, -0.05) is 32.4 Å². The van der Waals surface area contributed by atoms with Gasteiger partial charge in [-0.2, -0.15) is 0 Å². The van der Waals surface area contributed by atoms with Gasteiger partial charge in [0, 0.05) is 16.3 Å². The molecule has 1 aromatic carbocycles. The smallest absolute Gasteiger partial charge is 0.414 e. The van der Waals surface area contributed by atoms with Crippen LogP contribution in [0, 0.1) is 5.41 Å².